The number of carboxylic acid groups (broad SMARTS) is 1. The first kappa shape index (κ1) is 19.1. The van der Waals surface area contributed by atoms with Crippen LogP contribution in [0.4, 0.5) is 20.2 Å². The second kappa shape index (κ2) is 7.49. The molecule has 0 saturated carbocycles. The monoisotopic (exact) mass is 398 g/mol. The zero-order chi connectivity index (χ0) is 19.6. The molecular weight excluding hydrogens is 382 g/mol. The Morgan fingerprint density at radius 3 is 2.41 bits per heavy atom. The van der Waals surface area contributed by atoms with Gasteiger partial charge in [0.25, 0.3) is 10.0 Å². The van der Waals surface area contributed by atoms with Gasteiger partial charge in [-0.05, 0) is 36.4 Å². The quantitative estimate of drug-likeness (QED) is 0.803. The molecule has 27 heavy (non-hydrogen) atoms. The topological polar surface area (TPSA) is 95.9 Å². The lowest BCUT2D eigenvalue weighted by Crippen LogP contribution is -2.37. The second-order valence-electron chi connectivity index (χ2n) is 5.82. The Morgan fingerprint density at radius 1 is 1.07 bits per heavy atom. The number of nitrogens with zero attached hydrogens (tertiary/aromatic N) is 1. The molecule has 10 heteroatoms. The number of anilines is 2. The predicted molar refractivity (Wildman–Crippen MR) is 93.6 cm³/mol. The van der Waals surface area contributed by atoms with Crippen LogP contribution in [0.5, 0.6) is 0 Å². The van der Waals surface area contributed by atoms with Gasteiger partial charge in [-0.3, -0.25) is 4.72 Å². The number of rotatable bonds is 5. The third-order valence-electron chi connectivity index (χ3n) is 4.03. The summed E-state index contributed by atoms with van der Waals surface area (Å²) in [5.74, 6) is -3.69. The lowest BCUT2D eigenvalue weighted by molar-refractivity contribution is 0.0696. The highest BCUT2D eigenvalue weighted by Gasteiger charge is 2.21. The number of halogens is 2. The van der Waals surface area contributed by atoms with Gasteiger partial charge in [-0.25, -0.2) is 22.0 Å². The molecule has 0 aromatic heterocycles. The van der Waals surface area contributed by atoms with Crippen molar-refractivity contribution in [1.82, 2.24) is 0 Å². The van der Waals surface area contributed by atoms with Gasteiger partial charge in [0.15, 0.2) is 11.6 Å². The van der Waals surface area contributed by atoms with Crippen LogP contribution in [0, 0.1) is 11.6 Å². The highest BCUT2D eigenvalue weighted by atomic mass is 32.2. The minimum atomic E-state index is -4.22. The SMILES string of the molecule is O=C(O)c1cc(NS(=O)(=O)c2ccc(F)c(F)c2)ccc1N1CCOCC1. The molecule has 144 valence electrons. The fourth-order valence-corrected chi connectivity index (χ4v) is 3.77. The third-order valence-corrected chi connectivity index (χ3v) is 5.41. The van der Waals surface area contributed by atoms with Crippen LogP contribution in [-0.4, -0.2) is 45.8 Å². The Morgan fingerprint density at radius 2 is 1.78 bits per heavy atom. The molecule has 1 saturated heterocycles. The molecule has 0 bridgehead atoms. The number of hydrogen-bond donors (Lipinski definition) is 2. The van der Waals surface area contributed by atoms with E-state index in [-0.39, 0.29) is 11.3 Å². The molecule has 1 aliphatic heterocycles. The maximum absolute atomic E-state index is 13.3. The summed E-state index contributed by atoms with van der Waals surface area (Å²) in [6, 6.07) is 6.27. The first-order valence-electron chi connectivity index (χ1n) is 7.96. The van der Waals surface area contributed by atoms with Crippen molar-refractivity contribution in [1.29, 1.82) is 0 Å². The van der Waals surface area contributed by atoms with Crippen molar-refractivity contribution in [3.63, 3.8) is 0 Å². The van der Waals surface area contributed by atoms with Crippen molar-refractivity contribution in [3.05, 3.63) is 53.6 Å². The number of benzene rings is 2. The Kier molecular flexibility index (Phi) is 5.29. The van der Waals surface area contributed by atoms with Gasteiger partial charge in [-0.15, -0.1) is 0 Å². The molecule has 2 N–H and O–H groups in total. The zero-order valence-corrected chi connectivity index (χ0v) is 14.8. The highest BCUT2D eigenvalue weighted by Crippen LogP contribution is 2.27. The van der Waals surface area contributed by atoms with Crippen LogP contribution in [0.3, 0.4) is 0 Å². The van der Waals surface area contributed by atoms with E-state index in [0.29, 0.717) is 44.1 Å². The minimum Gasteiger partial charge on any atom is -0.478 e. The largest absolute Gasteiger partial charge is 0.478 e. The second-order valence-corrected chi connectivity index (χ2v) is 7.50. The van der Waals surface area contributed by atoms with Gasteiger partial charge in [0.2, 0.25) is 0 Å². The van der Waals surface area contributed by atoms with Crippen molar-refractivity contribution in [2.24, 2.45) is 0 Å². The van der Waals surface area contributed by atoms with Crippen molar-refractivity contribution in [3.8, 4) is 0 Å². The van der Waals surface area contributed by atoms with Crippen LogP contribution >= 0.6 is 0 Å². The summed E-state index contributed by atoms with van der Waals surface area (Å²) >= 11 is 0. The number of carbonyl (C=O) groups is 1. The van der Waals surface area contributed by atoms with E-state index in [1.165, 1.54) is 18.2 Å². The number of carboxylic acids is 1. The first-order valence-corrected chi connectivity index (χ1v) is 9.44. The van der Waals surface area contributed by atoms with Gasteiger partial charge in [0, 0.05) is 18.8 Å². The number of hydrogen-bond acceptors (Lipinski definition) is 5. The molecule has 0 radical (unpaired) electrons. The van der Waals surface area contributed by atoms with E-state index in [1.54, 1.807) is 0 Å². The molecule has 0 spiro atoms. The van der Waals surface area contributed by atoms with E-state index in [4.69, 9.17) is 4.74 Å². The lowest BCUT2D eigenvalue weighted by atomic mass is 10.1. The summed E-state index contributed by atoms with van der Waals surface area (Å²) in [6.45, 7) is 1.95. The van der Waals surface area contributed by atoms with Crippen LogP contribution in [0.1, 0.15) is 10.4 Å². The van der Waals surface area contributed by atoms with Gasteiger partial charge < -0.3 is 14.7 Å². The smallest absolute Gasteiger partial charge is 0.337 e. The van der Waals surface area contributed by atoms with Crippen molar-refractivity contribution >= 4 is 27.4 Å². The predicted octanol–water partition coefficient (Wildman–Crippen LogP) is 2.30. The van der Waals surface area contributed by atoms with Crippen LogP contribution in [-0.2, 0) is 14.8 Å². The number of ether oxygens (including phenoxy) is 1. The third kappa shape index (κ3) is 4.17. The Bertz CT molecular complexity index is 975. The summed E-state index contributed by atoms with van der Waals surface area (Å²) < 4.78 is 58.5. The van der Waals surface area contributed by atoms with Crippen molar-refractivity contribution in [2.45, 2.75) is 4.90 Å². The lowest BCUT2D eigenvalue weighted by Gasteiger charge is -2.30. The van der Waals surface area contributed by atoms with Crippen LogP contribution in [0.2, 0.25) is 0 Å². The van der Waals surface area contributed by atoms with Gasteiger partial charge in [0.05, 0.1) is 29.4 Å². The summed E-state index contributed by atoms with van der Waals surface area (Å²) in [7, 11) is -4.22. The van der Waals surface area contributed by atoms with Gasteiger partial charge in [-0.2, -0.15) is 0 Å². The fraction of sp³-hybridized carbons (Fsp3) is 0.235. The molecule has 0 aliphatic carbocycles. The van der Waals surface area contributed by atoms with E-state index < -0.39 is 32.5 Å². The molecule has 7 nitrogen and oxygen atoms in total. The van der Waals surface area contributed by atoms with Crippen molar-refractivity contribution < 1.29 is 31.8 Å². The minimum absolute atomic E-state index is 0.00542. The van der Waals surface area contributed by atoms with Crippen molar-refractivity contribution in [2.75, 3.05) is 35.9 Å². The van der Waals surface area contributed by atoms with E-state index in [2.05, 4.69) is 4.72 Å². The summed E-state index contributed by atoms with van der Waals surface area (Å²) in [5, 5.41) is 9.48. The maximum atomic E-state index is 13.3. The summed E-state index contributed by atoms with van der Waals surface area (Å²) in [5.41, 5.74) is 0.359. The summed E-state index contributed by atoms with van der Waals surface area (Å²) in [4.78, 5) is 13.0. The Labute approximate surface area is 154 Å². The van der Waals surface area contributed by atoms with Crippen LogP contribution in [0.15, 0.2) is 41.3 Å². The summed E-state index contributed by atoms with van der Waals surface area (Å²) in [6.07, 6.45) is 0. The fourth-order valence-electron chi connectivity index (χ4n) is 2.71. The number of aromatic carboxylic acids is 1. The normalized spacial score (nSPS) is 14.8. The molecule has 1 aliphatic rings. The van der Waals surface area contributed by atoms with E-state index >= 15 is 0 Å². The average molecular weight is 398 g/mol. The average Bonchev–Trinajstić information content (AvgIpc) is 2.64. The molecule has 1 fully saturated rings. The van der Waals surface area contributed by atoms with Gasteiger partial charge in [-0.1, -0.05) is 0 Å². The molecule has 2 aromatic carbocycles. The number of sulfonamides is 1. The van der Waals surface area contributed by atoms with E-state index in [9.17, 15) is 27.1 Å². The number of morpholine rings is 1. The van der Waals surface area contributed by atoms with E-state index in [1.807, 2.05) is 4.90 Å². The molecule has 1 heterocycles. The molecular formula is C17H16F2N2O5S. The van der Waals surface area contributed by atoms with E-state index in [0.717, 1.165) is 6.07 Å². The molecule has 2 aromatic rings. The molecule has 0 unspecified atom stereocenters. The zero-order valence-electron chi connectivity index (χ0n) is 14.0. The molecule has 0 atom stereocenters. The number of nitrogens with one attached hydrogen (secondary N) is 1. The van der Waals surface area contributed by atoms with Crippen LogP contribution < -0.4 is 9.62 Å². The van der Waals surface area contributed by atoms with Crippen LogP contribution in [0.25, 0.3) is 0 Å². The molecule has 3 rings (SSSR count). The standard InChI is InChI=1S/C17H16F2N2O5S/c18-14-3-2-12(10-15(14)19)27(24,25)20-11-1-4-16(13(9-11)17(22)23)21-5-7-26-8-6-21/h1-4,9-10,20H,5-8H2,(H,22,23). The van der Waals surface area contributed by atoms with Gasteiger partial charge in [0.1, 0.15) is 0 Å². The molecule has 0 amide bonds. The highest BCUT2D eigenvalue weighted by molar-refractivity contribution is 7.92. The van der Waals surface area contributed by atoms with Gasteiger partial charge >= 0.3 is 5.97 Å². The Hall–Kier alpha value is -2.72. The first-order chi connectivity index (χ1) is 12.8. The Balaban J connectivity index is 1.91. The maximum Gasteiger partial charge on any atom is 0.337 e.